The number of aromatic nitrogens is 2. The van der Waals surface area contributed by atoms with E-state index in [4.69, 9.17) is 16.2 Å². The van der Waals surface area contributed by atoms with E-state index in [1.54, 1.807) is 0 Å². The lowest BCUT2D eigenvalue weighted by molar-refractivity contribution is -0.280. The van der Waals surface area contributed by atoms with E-state index in [2.05, 4.69) is 26.5 Å². The zero-order chi connectivity index (χ0) is 25.9. The molecule has 8 nitrogen and oxygen atoms in total. The number of hydrogen-bond donors (Lipinski definition) is 2. The summed E-state index contributed by atoms with van der Waals surface area (Å²) in [6.45, 7) is 1.45. The van der Waals surface area contributed by atoms with Gasteiger partial charge in [-0.2, -0.15) is 26.3 Å². The van der Waals surface area contributed by atoms with Gasteiger partial charge in [0, 0.05) is 18.2 Å². The number of nitrogen functional groups attached to an aromatic ring is 1. The number of anilines is 1. The van der Waals surface area contributed by atoms with E-state index in [0.29, 0.717) is 12.1 Å². The molecule has 1 unspecified atom stereocenters. The van der Waals surface area contributed by atoms with E-state index in [1.165, 1.54) is 14.0 Å². The fraction of sp³-hybridized carbons (Fsp3) is 0.300. The summed E-state index contributed by atoms with van der Waals surface area (Å²) in [7, 11) is 1.38. The van der Waals surface area contributed by atoms with Gasteiger partial charge < -0.3 is 20.9 Å². The van der Waals surface area contributed by atoms with Crippen molar-refractivity contribution in [1.29, 1.82) is 0 Å². The molecule has 34 heavy (non-hydrogen) atoms. The summed E-state index contributed by atoms with van der Waals surface area (Å²) in [6.07, 6.45) is -10.6. The molecule has 0 fully saturated rings. The van der Waals surface area contributed by atoms with E-state index in [1.807, 2.05) is 0 Å². The van der Waals surface area contributed by atoms with Crippen molar-refractivity contribution >= 4 is 17.7 Å². The Kier molecular flexibility index (Phi) is 7.42. The normalized spacial score (nSPS) is 13.4. The number of ether oxygens (including phenoxy) is 2. The van der Waals surface area contributed by atoms with E-state index >= 15 is 0 Å². The number of carbonyl (C=O) groups is 2. The molecule has 0 spiro atoms. The first-order valence-corrected chi connectivity index (χ1v) is 9.03. The van der Waals surface area contributed by atoms with Gasteiger partial charge in [-0.05, 0) is 24.5 Å². The van der Waals surface area contributed by atoms with Crippen LogP contribution in [-0.2, 0) is 24.7 Å². The first-order chi connectivity index (χ1) is 15.6. The molecule has 1 amide bonds. The number of methoxy groups -OCH3 is 1. The Labute approximate surface area is 188 Å². The van der Waals surface area contributed by atoms with Crippen LogP contribution in [0.5, 0.6) is 0 Å². The largest absolute Gasteiger partial charge is 0.490 e. The number of hydrogen-bond acceptors (Lipinski definition) is 7. The van der Waals surface area contributed by atoms with Crippen LogP contribution in [0.15, 0.2) is 24.4 Å². The first-order valence-electron chi connectivity index (χ1n) is 9.03. The number of nitrogens with zero attached hydrogens (tertiary/aromatic N) is 2. The molecule has 1 aromatic carbocycles. The molecular weight excluding hydrogens is 474 g/mol. The van der Waals surface area contributed by atoms with Crippen LogP contribution in [0.25, 0.3) is 11.3 Å². The number of benzene rings is 1. The highest BCUT2D eigenvalue weighted by atomic mass is 19.4. The molecule has 0 bridgehead atoms. The summed E-state index contributed by atoms with van der Waals surface area (Å²) in [4.78, 5) is 31.2. The average Bonchev–Trinajstić information content (AvgIpc) is 2.72. The van der Waals surface area contributed by atoms with Crippen LogP contribution < -0.4 is 11.5 Å². The molecular formula is C20H16F6N4O4. The molecule has 1 heterocycles. The molecule has 2 aromatic rings. The summed E-state index contributed by atoms with van der Waals surface area (Å²) < 4.78 is 88.5. The molecule has 14 heteroatoms. The van der Waals surface area contributed by atoms with Gasteiger partial charge in [0.25, 0.3) is 5.91 Å². The lowest BCUT2D eigenvalue weighted by Crippen LogP contribution is -2.57. The minimum Gasteiger partial charge on any atom is -0.427 e. The molecule has 182 valence electrons. The van der Waals surface area contributed by atoms with Crippen molar-refractivity contribution in [2.24, 2.45) is 5.73 Å². The van der Waals surface area contributed by atoms with E-state index in [9.17, 15) is 35.9 Å². The predicted octanol–water partition coefficient (Wildman–Crippen LogP) is 2.38. The zero-order valence-electron chi connectivity index (χ0n) is 17.5. The monoisotopic (exact) mass is 490 g/mol. The topological polar surface area (TPSA) is 130 Å². The Hall–Kier alpha value is -3.86. The van der Waals surface area contributed by atoms with Crippen molar-refractivity contribution in [1.82, 2.24) is 9.97 Å². The molecule has 1 atom stereocenters. The molecule has 0 radical (unpaired) electrons. The van der Waals surface area contributed by atoms with Crippen LogP contribution in [0, 0.1) is 18.8 Å². The van der Waals surface area contributed by atoms with Gasteiger partial charge in [-0.3, -0.25) is 4.79 Å². The maximum absolute atomic E-state index is 14.0. The fourth-order valence-corrected chi connectivity index (χ4v) is 2.74. The summed E-state index contributed by atoms with van der Waals surface area (Å²) >= 11 is 0. The zero-order valence-corrected chi connectivity index (χ0v) is 17.5. The predicted molar refractivity (Wildman–Crippen MR) is 104 cm³/mol. The third-order valence-electron chi connectivity index (χ3n) is 4.37. The highest BCUT2D eigenvalue weighted by Gasteiger charge is 2.66. The van der Waals surface area contributed by atoms with Gasteiger partial charge in [-0.25, -0.2) is 14.8 Å². The van der Waals surface area contributed by atoms with Crippen molar-refractivity contribution in [3.63, 3.8) is 0 Å². The second kappa shape index (κ2) is 9.56. The standard InChI is InChI=1S/C20H16F6N4O4/c1-10-5-6-11(18(16(28)31,20(24,25)26)34-17(32)19(21,22)23)8-12(10)14-9-29-15(27)13(30-14)4-3-7-33-2/h5-6,8-9H,7H2,1-2H3,(H2,27,29)(H2,28,31). The summed E-state index contributed by atoms with van der Waals surface area (Å²) in [5.74, 6) is -0.638. The number of halogens is 6. The van der Waals surface area contributed by atoms with Crippen LogP contribution in [0.1, 0.15) is 16.8 Å². The van der Waals surface area contributed by atoms with Crippen molar-refractivity contribution < 1.29 is 45.4 Å². The number of aryl methyl sites for hydroxylation is 1. The summed E-state index contributed by atoms with van der Waals surface area (Å²) in [6, 6.07) is 2.37. The van der Waals surface area contributed by atoms with Gasteiger partial charge in [-0.15, -0.1) is 0 Å². The third-order valence-corrected chi connectivity index (χ3v) is 4.37. The number of alkyl halides is 6. The number of primary amides is 1. The maximum atomic E-state index is 14.0. The summed E-state index contributed by atoms with van der Waals surface area (Å²) in [5.41, 5.74) is 4.95. The summed E-state index contributed by atoms with van der Waals surface area (Å²) in [5, 5.41) is 0. The molecule has 0 aliphatic rings. The van der Waals surface area contributed by atoms with Gasteiger partial charge in [0.15, 0.2) is 11.5 Å². The van der Waals surface area contributed by atoms with Crippen molar-refractivity contribution in [3.8, 4) is 23.1 Å². The van der Waals surface area contributed by atoms with Crippen molar-refractivity contribution in [2.75, 3.05) is 19.5 Å². The van der Waals surface area contributed by atoms with E-state index < -0.39 is 35.4 Å². The van der Waals surface area contributed by atoms with Crippen LogP contribution in [0.4, 0.5) is 32.2 Å². The lowest BCUT2D eigenvalue weighted by atomic mass is 9.88. The number of nitrogens with two attached hydrogens (primary N) is 2. The van der Waals surface area contributed by atoms with Crippen LogP contribution in [0.3, 0.4) is 0 Å². The second-order valence-electron chi connectivity index (χ2n) is 6.68. The third kappa shape index (κ3) is 5.20. The molecule has 2 rings (SSSR count). The molecule has 0 aliphatic carbocycles. The number of esters is 1. The number of rotatable bonds is 5. The molecule has 0 saturated carbocycles. The Balaban J connectivity index is 2.75. The van der Waals surface area contributed by atoms with Gasteiger partial charge in [0.05, 0.1) is 11.9 Å². The van der Waals surface area contributed by atoms with Gasteiger partial charge >= 0.3 is 23.9 Å². The van der Waals surface area contributed by atoms with E-state index in [-0.39, 0.29) is 34.9 Å². The molecule has 0 saturated heterocycles. The Morgan fingerprint density at radius 3 is 2.32 bits per heavy atom. The van der Waals surface area contributed by atoms with Crippen LogP contribution in [-0.4, -0.2) is 47.9 Å². The lowest BCUT2D eigenvalue weighted by Gasteiger charge is -2.33. The fourth-order valence-electron chi connectivity index (χ4n) is 2.74. The Morgan fingerprint density at radius 2 is 1.79 bits per heavy atom. The minimum atomic E-state index is -5.85. The van der Waals surface area contributed by atoms with Crippen LogP contribution in [0.2, 0.25) is 0 Å². The first kappa shape index (κ1) is 26.4. The second-order valence-corrected chi connectivity index (χ2v) is 6.68. The SMILES string of the molecule is COCC#Cc1nc(-c2cc(C(OC(=O)C(F)(F)F)(C(N)=O)C(F)(F)F)ccc2C)cnc1N. The van der Waals surface area contributed by atoms with Crippen LogP contribution >= 0.6 is 0 Å². The van der Waals surface area contributed by atoms with E-state index in [0.717, 1.165) is 12.3 Å². The van der Waals surface area contributed by atoms with Crippen molar-refractivity contribution in [2.45, 2.75) is 24.9 Å². The average molecular weight is 490 g/mol. The van der Waals surface area contributed by atoms with Gasteiger partial charge in [0.2, 0.25) is 0 Å². The molecule has 1 aromatic heterocycles. The molecule has 4 N–H and O–H groups in total. The van der Waals surface area contributed by atoms with Crippen molar-refractivity contribution in [3.05, 3.63) is 41.2 Å². The molecule has 0 aliphatic heterocycles. The number of carbonyl (C=O) groups excluding carboxylic acids is 2. The highest BCUT2D eigenvalue weighted by Crippen LogP contribution is 2.44. The Bertz CT molecular complexity index is 1170. The Morgan fingerprint density at radius 1 is 1.15 bits per heavy atom. The van der Waals surface area contributed by atoms with Gasteiger partial charge in [-0.1, -0.05) is 18.1 Å². The maximum Gasteiger partial charge on any atom is 0.490 e. The smallest absolute Gasteiger partial charge is 0.427 e. The van der Waals surface area contributed by atoms with Gasteiger partial charge in [0.1, 0.15) is 6.61 Å². The minimum absolute atomic E-state index is 0.0111. The number of amides is 1. The quantitative estimate of drug-likeness (QED) is 0.374. The highest BCUT2D eigenvalue weighted by molar-refractivity contribution is 5.90.